The van der Waals surface area contributed by atoms with E-state index in [1.54, 1.807) is 6.92 Å². The maximum Gasteiger partial charge on any atom is 0.233 e. The van der Waals surface area contributed by atoms with E-state index in [1.165, 1.54) is 0 Å². The molecule has 98 valence electrons. The van der Waals surface area contributed by atoms with Gasteiger partial charge in [0.1, 0.15) is 5.41 Å². The number of oxime groups is 1. The van der Waals surface area contributed by atoms with Crippen molar-refractivity contribution in [1.82, 2.24) is 15.5 Å². The Hall–Kier alpha value is -2.12. The van der Waals surface area contributed by atoms with E-state index >= 15 is 0 Å². The van der Waals surface area contributed by atoms with Crippen LogP contribution in [0.2, 0.25) is 0 Å². The molecule has 2 rings (SSSR count). The molecular formula is C10H15N5O3. The van der Waals surface area contributed by atoms with Gasteiger partial charge in [-0.05, 0) is 12.8 Å². The summed E-state index contributed by atoms with van der Waals surface area (Å²) in [5, 5.41) is 18.0. The Labute approximate surface area is 103 Å². The number of nitrogens with two attached hydrogens (primary N) is 1. The molecule has 0 unspecified atom stereocenters. The van der Waals surface area contributed by atoms with Gasteiger partial charge in [-0.2, -0.15) is 4.98 Å². The van der Waals surface area contributed by atoms with Gasteiger partial charge in [-0.1, -0.05) is 10.3 Å². The second-order valence-electron chi connectivity index (χ2n) is 4.30. The predicted octanol–water partition coefficient (Wildman–Crippen LogP) is -0.437. The van der Waals surface area contributed by atoms with Gasteiger partial charge in [-0.25, -0.2) is 0 Å². The minimum Gasteiger partial charge on any atom is -0.409 e. The Bertz CT molecular complexity index is 478. The Balaban J connectivity index is 1.82. The molecule has 1 aromatic rings. The molecular weight excluding hydrogens is 238 g/mol. The molecule has 1 aliphatic carbocycles. The third kappa shape index (κ3) is 2.27. The van der Waals surface area contributed by atoms with Gasteiger partial charge in [0.25, 0.3) is 0 Å². The lowest BCUT2D eigenvalue weighted by Crippen LogP contribution is -2.41. The Kier molecular flexibility index (Phi) is 3.17. The van der Waals surface area contributed by atoms with E-state index in [9.17, 15) is 4.79 Å². The monoisotopic (exact) mass is 253 g/mol. The van der Waals surface area contributed by atoms with E-state index in [1.807, 2.05) is 0 Å². The van der Waals surface area contributed by atoms with Crippen LogP contribution in [0.3, 0.4) is 0 Å². The fourth-order valence-electron chi connectivity index (χ4n) is 1.72. The van der Waals surface area contributed by atoms with Crippen molar-refractivity contribution in [1.29, 1.82) is 0 Å². The summed E-state index contributed by atoms with van der Waals surface area (Å²) < 4.78 is 4.81. The average molecular weight is 253 g/mol. The topological polar surface area (TPSA) is 127 Å². The SMILES string of the molecule is Cc1nc(CCNC(=O)C2(C(N)=NO)CC2)no1. The molecule has 1 saturated carbocycles. The van der Waals surface area contributed by atoms with Gasteiger partial charge in [0.05, 0.1) is 0 Å². The fourth-order valence-corrected chi connectivity index (χ4v) is 1.72. The highest BCUT2D eigenvalue weighted by Crippen LogP contribution is 2.45. The van der Waals surface area contributed by atoms with Crippen LogP contribution in [-0.4, -0.2) is 33.6 Å². The first kappa shape index (κ1) is 12.3. The van der Waals surface area contributed by atoms with E-state index in [-0.39, 0.29) is 11.7 Å². The number of aryl methyl sites for hydroxylation is 1. The zero-order valence-electron chi connectivity index (χ0n) is 10.0. The van der Waals surface area contributed by atoms with Crippen molar-refractivity contribution < 1.29 is 14.5 Å². The van der Waals surface area contributed by atoms with Crippen LogP contribution in [0.25, 0.3) is 0 Å². The van der Waals surface area contributed by atoms with E-state index in [0.29, 0.717) is 37.5 Å². The van der Waals surface area contributed by atoms with Gasteiger partial charge >= 0.3 is 0 Å². The second-order valence-corrected chi connectivity index (χ2v) is 4.30. The van der Waals surface area contributed by atoms with Crippen molar-refractivity contribution >= 4 is 11.7 Å². The minimum atomic E-state index is -0.818. The standard InChI is InChI=1S/C10H15N5O3/c1-6-13-7(15-18-6)2-5-12-9(16)10(3-4-10)8(11)14-17/h17H,2-5H2,1H3,(H2,11,14)(H,12,16). The zero-order valence-corrected chi connectivity index (χ0v) is 10.0. The van der Waals surface area contributed by atoms with E-state index in [4.69, 9.17) is 15.5 Å². The number of rotatable bonds is 5. The molecule has 0 saturated heterocycles. The number of nitrogens with one attached hydrogen (secondary N) is 1. The minimum absolute atomic E-state index is 0.0320. The van der Waals surface area contributed by atoms with Crippen LogP contribution < -0.4 is 11.1 Å². The smallest absolute Gasteiger partial charge is 0.233 e. The first-order chi connectivity index (χ1) is 8.58. The Morgan fingerprint density at radius 2 is 2.39 bits per heavy atom. The first-order valence-electron chi connectivity index (χ1n) is 5.64. The molecule has 0 spiro atoms. The summed E-state index contributed by atoms with van der Waals surface area (Å²) >= 11 is 0. The lowest BCUT2D eigenvalue weighted by Gasteiger charge is -2.12. The lowest BCUT2D eigenvalue weighted by molar-refractivity contribution is -0.124. The van der Waals surface area contributed by atoms with Crippen LogP contribution in [0.4, 0.5) is 0 Å². The number of aromatic nitrogens is 2. The molecule has 8 nitrogen and oxygen atoms in total. The summed E-state index contributed by atoms with van der Waals surface area (Å²) in [6.07, 6.45) is 1.70. The Morgan fingerprint density at radius 1 is 1.67 bits per heavy atom. The van der Waals surface area contributed by atoms with Gasteiger partial charge in [-0.15, -0.1) is 0 Å². The lowest BCUT2D eigenvalue weighted by atomic mass is 10.1. The quantitative estimate of drug-likeness (QED) is 0.282. The number of nitrogens with zero attached hydrogens (tertiary/aromatic N) is 3. The molecule has 0 aromatic carbocycles. The molecule has 1 aliphatic rings. The molecule has 4 N–H and O–H groups in total. The normalized spacial score (nSPS) is 17.5. The number of carbonyl (C=O) groups is 1. The number of hydrogen-bond acceptors (Lipinski definition) is 6. The summed E-state index contributed by atoms with van der Waals surface area (Å²) in [6, 6.07) is 0. The molecule has 0 aliphatic heterocycles. The average Bonchev–Trinajstić information content (AvgIpc) is 3.07. The highest BCUT2D eigenvalue weighted by atomic mass is 16.5. The maximum atomic E-state index is 11.9. The number of carbonyl (C=O) groups excluding carboxylic acids is 1. The van der Waals surface area contributed by atoms with Crippen molar-refractivity contribution in [2.75, 3.05) is 6.54 Å². The van der Waals surface area contributed by atoms with Gasteiger partial charge in [0, 0.05) is 19.9 Å². The molecule has 1 amide bonds. The number of amidine groups is 1. The zero-order chi connectivity index (χ0) is 13.2. The van der Waals surface area contributed by atoms with E-state index < -0.39 is 5.41 Å². The predicted molar refractivity (Wildman–Crippen MR) is 60.8 cm³/mol. The highest BCUT2D eigenvalue weighted by molar-refractivity contribution is 6.09. The molecule has 0 atom stereocenters. The van der Waals surface area contributed by atoms with E-state index in [0.717, 1.165) is 0 Å². The maximum absolute atomic E-state index is 11.9. The fraction of sp³-hybridized carbons (Fsp3) is 0.600. The molecule has 0 radical (unpaired) electrons. The van der Waals surface area contributed by atoms with Crippen molar-refractivity contribution in [3.63, 3.8) is 0 Å². The molecule has 1 aromatic heterocycles. The summed E-state index contributed by atoms with van der Waals surface area (Å²) in [5.74, 6) is 0.779. The summed E-state index contributed by atoms with van der Waals surface area (Å²) in [6.45, 7) is 2.09. The molecule has 0 bridgehead atoms. The number of hydrogen-bond donors (Lipinski definition) is 3. The second kappa shape index (κ2) is 4.63. The van der Waals surface area contributed by atoms with Crippen molar-refractivity contribution in [2.45, 2.75) is 26.2 Å². The van der Waals surface area contributed by atoms with Crippen LogP contribution in [0.5, 0.6) is 0 Å². The van der Waals surface area contributed by atoms with Gasteiger partial charge in [0.15, 0.2) is 11.7 Å². The molecule has 8 heteroatoms. The summed E-state index contributed by atoms with van der Waals surface area (Å²) in [5.41, 5.74) is 4.68. The van der Waals surface area contributed by atoms with Crippen LogP contribution in [0.15, 0.2) is 9.68 Å². The van der Waals surface area contributed by atoms with Crippen molar-refractivity contribution in [3.8, 4) is 0 Å². The first-order valence-corrected chi connectivity index (χ1v) is 5.64. The summed E-state index contributed by atoms with van der Waals surface area (Å²) in [7, 11) is 0. The van der Waals surface area contributed by atoms with Gasteiger partial charge in [0.2, 0.25) is 11.8 Å². The third-order valence-corrected chi connectivity index (χ3v) is 2.99. The Morgan fingerprint density at radius 3 is 2.89 bits per heavy atom. The third-order valence-electron chi connectivity index (χ3n) is 2.99. The summed E-state index contributed by atoms with van der Waals surface area (Å²) in [4.78, 5) is 15.9. The van der Waals surface area contributed by atoms with Gasteiger partial charge < -0.3 is 20.8 Å². The van der Waals surface area contributed by atoms with Crippen LogP contribution in [0.1, 0.15) is 24.6 Å². The molecule has 1 fully saturated rings. The largest absolute Gasteiger partial charge is 0.409 e. The number of amides is 1. The van der Waals surface area contributed by atoms with E-state index in [2.05, 4.69) is 20.6 Å². The highest BCUT2D eigenvalue weighted by Gasteiger charge is 2.54. The van der Waals surface area contributed by atoms with Crippen LogP contribution in [-0.2, 0) is 11.2 Å². The van der Waals surface area contributed by atoms with Crippen molar-refractivity contribution in [3.05, 3.63) is 11.7 Å². The van der Waals surface area contributed by atoms with Gasteiger partial charge in [-0.3, -0.25) is 4.79 Å². The molecule has 1 heterocycles. The van der Waals surface area contributed by atoms with Crippen LogP contribution >= 0.6 is 0 Å². The molecule has 18 heavy (non-hydrogen) atoms. The van der Waals surface area contributed by atoms with Crippen molar-refractivity contribution in [2.24, 2.45) is 16.3 Å². The van der Waals surface area contributed by atoms with Crippen LogP contribution in [0, 0.1) is 12.3 Å².